The Morgan fingerprint density at radius 1 is 0.640 bits per heavy atom. The molecule has 0 radical (unpaired) electrons. The van der Waals surface area contributed by atoms with Crippen molar-refractivity contribution in [3.63, 3.8) is 0 Å². The maximum atomic E-state index is 4.29. The number of aromatic nitrogens is 2. The van der Waals surface area contributed by atoms with Gasteiger partial charge in [0.05, 0.1) is 0 Å². The largest absolute Gasteiger partial charge is 0.370 e. The average Bonchev–Trinajstić information content (AvgIpc) is 2.67. The minimum atomic E-state index is 0.856. The van der Waals surface area contributed by atoms with Crippen LogP contribution in [-0.2, 0) is 12.8 Å². The fourth-order valence-corrected chi connectivity index (χ4v) is 2.68. The Labute approximate surface area is 149 Å². The van der Waals surface area contributed by atoms with Crippen LogP contribution in [0.5, 0.6) is 0 Å². The molecule has 0 saturated heterocycles. The molecule has 0 fully saturated rings. The second kappa shape index (κ2) is 9.42. The van der Waals surface area contributed by atoms with Gasteiger partial charge in [0, 0.05) is 19.2 Å². The van der Waals surface area contributed by atoms with Crippen LogP contribution in [0.1, 0.15) is 17.5 Å². The SMILES string of the molecule is c1ccc(CCCNc2cc(NCCc3ccccc3)ncn2)cc1. The van der Waals surface area contributed by atoms with Crippen molar-refractivity contribution >= 4 is 11.6 Å². The van der Waals surface area contributed by atoms with Crippen molar-refractivity contribution in [1.82, 2.24) is 9.97 Å². The number of anilines is 2. The molecule has 2 N–H and O–H groups in total. The maximum absolute atomic E-state index is 4.29. The number of rotatable bonds is 9. The molecule has 4 heteroatoms. The van der Waals surface area contributed by atoms with E-state index < -0.39 is 0 Å². The van der Waals surface area contributed by atoms with Crippen LogP contribution in [-0.4, -0.2) is 23.1 Å². The Morgan fingerprint density at radius 2 is 1.20 bits per heavy atom. The minimum Gasteiger partial charge on any atom is -0.370 e. The molecule has 0 bridgehead atoms. The number of nitrogens with zero attached hydrogens (tertiary/aromatic N) is 2. The first kappa shape index (κ1) is 17.0. The number of aryl methyl sites for hydroxylation is 1. The van der Waals surface area contributed by atoms with Crippen molar-refractivity contribution < 1.29 is 0 Å². The van der Waals surface area contributed by atoms with Gasteiger partial charge in [0.2, 0.25) is 0 Å². The van der Waals surface area contributed by atoms with Crippen molar-refractivity contribution in [1.29, 1.82) is 0 Å². The highest BCUT2D eigenvalue weighted by molar-refractivity contribution is 5.46. The zero-order valence-electron chi connectivity index (χ0n) is 14.4. The van der Waals surface area contributed by atoms with Crippen LogP contribution in [0.4, 0.5) is 11.6 Å². The van der Waals surface area contributed by atoms with E-state index in [0.29, 0.717) is 0 Å². The van der Waals surface area contributed by atoms with Crippen molar-refractivity contribution in [2.24, 2.45) is 0 Å². The van der Waals surface area contributed by atoms with Gasteiger partial charge < -0.3 is 10.6 Å². The molecule has 128 valence electrons. The molecule has 4 nitrogen and oxygen atoms in total. The number of nitrogens with one attached hydrogen (secondary N) is 2. The van der Waals surface area contributed by atoms with Crippen LogP contribution in [0.3, 0.4) is 0 Å². The van der Waals surface area contributed by atoms with Gasteiger partial charge in [-0.25, -0.2) is 9.97 Å². The quantitative estimate of drug-likeness (QED) is 0.577. The van der Waals surface area contributed by atoms with E-state index in [2.05, 4.69) is 75.2 Å². The van der Waals surface area contributed by atoms with Gasteiger partial charge in [-0.2, -0.15) is 0 Å². The second-order valence-corrected chi connectivity index (χ2v) is 5.97. The second-order valence-electron chi connectivity index (χ2n) is 5.97. The lowest BCUT2D eigenvalue weighted by atomic mass is 10.1. The summed E-state index contributed by atoms with van der Waals surface area (Å²) < 4.78 is 0. The van der Waals surface area contributed by atoms with E-state index in [1.807, 2.05) is 12.1 Å². The van der Waals surface area contributed by atoms with Crippen LogP contribution in [0, 0.1) is 0 Å². The Bertz CT molecular complexity index is 744. The molecular weight excluding hydrogens is 308 g/mol. The molecule has 3 rings (SSSR count). The van der Waals surface area contributed by atoms with E-state index in [1.165, 1.54) is 11.1 Å². The Balaban J connectivity index is 1.40. The predicted octanol–water partition coefficient (Wildman–Crippen LogP) is 4.18. The maximum Gasteiger partial charge on any atom is 0.131 e. The van der Waals surface area contributed by atoms with E-state index in [9.17, 15) is 0 Å². The van der Waals surface area contributed by atoms with Crippen molar-refractivity contribution in [3.8, 4) is 0 Å². The summed E-state index contributed by atoms with van der Waals surface area (Å²) in [6.45, 7) is 1.75. The summed E-state index contributed by atoms with van der Waals surface area (Å²) in [5.41, 5.74) is 2.69. The number of hydrogen-bond donors (Lipinski definition) is 2. The van der Waals surface area contributed by atoms with Gasteiger partial charge in [0.25, 0.3) is 0 Å². The van der Waals surface area contributed by atoms with Crippen molar-refractivity contribution in [2.45, 2.75) is 19.3 Å². The highest BCUT2D eigenvalue weighted by Crippen LogP contribution is 2.10. The monoisotopic (exact) mass is 332 g/mol. The average molecular weight is 332 g/mol. The number of benzene rings is 2. The lowest BCUT2D eigenvalue weighted by Gasteiger charge is -2.09. The fraction of sp³-hybridized carbons (Fsp3) is 0.238. The molecule has 0 aliphatic rings. The standard InChI is InChI=1S/C21H24N4/c1-3-8-18(9-4-1)12-7-14-22-20-16-21(25-17-24-20)23-15-13-19-10-5-2-6-11-19/h1-6,8-11,16-17H,7,12-15H2,(H2,22,23,24,25). The molecule has 2 aromatic carbocycles. The normalized spacial score (nSPS) is 10.4. The van der Waals surface area contributed by atoms with E-state index in [1.54, 1.807) is 6.33 Å². The van der Waals surface area contributed by atoms with E-state index in [-0.39, 0.29) is 0 Å². The van der Waals surface area contributed by atoms with Crippen LogP contribution in [0.15, 0.2) is 73.1 Å². The summed E-state index contributed by atoms with van der Waals surface area (Å²) in [6, 6.07) is 23.0. The molecule has 0 aliphatic carbocycles. The molecule has 25 heavy (non-hydrogen) atoms. The Morgan fingerprint density at radius 3 is 1.84 bits per heavy atom. The van der Waals surface area contributed by atoms with Crippen LogP contribution in [0.25, 0.3) is 0 Å². The molecule has 1 aromatic heterocycles. The lowest BCUT2D eigenvalue weighted by Crippen LogP contribution is -2.09. The van der Waals surface area contributed by atoms with Crippen LogP contribution >= 0.6 is 0 Å². The van der Waals surface area contributed by atoms with Gasteiger partial charge in [-0.15, -0.1) is 0 Å². The molecule has 1 heterocycles. The van der Waals surface area contributed by atoms with Gasteiger partial charge in [0.15, 0.2) is 0 Å². The van der Waals surface area contributed by atoms with E-state index >= 15 is 0 Å². The summed E-state index contributed by atoms with van der Waals surface area (Å²) >= 11 is 0. The lowest BCUT2D eigenvalue weighted by molar-refractivity contribution is 0.858. The Hall–Kier alpha value is -2.88. The van der Waals surface area contributed by atoms with Gasteiger partial charge in [-0.1, -0.05) is 60.7 Å². The third kappa shape index (κ3) is 5.92. The highest BCUT2D eigenvalue weighted by atomic mass is 15.1. The van der Waals surface area contributed by atoms with Crippen molar-refractivity contribution in [2.75, 3.05) is 23.7 Å². The first-order valence-electron chi connectivity index (χ1n) is 8.78. The molecule has 0 amide bonds. The summed E-state index contributed by atoms with van der Waals surface area (Å²) in [4.78, 5) is 8.57. The zero-order chi connectivity index (χ0) is 17.2. The third-order valence-corrected chi connectivity index (χ3v) is 4.02. The van der Waals surface area contributed by atoms with Gasteiger partial charge in [0.1, 0.15) is 18.0 Å². The molecule has 0 atom stereocenters. The van der Waals surface area contributed by atoms with E-state index in [4.69, 9.17) is 0 Å². The smallest absolute Gasteiger partial charge is 0.131 e. The predicted molar refractivity (Wildman–Crippen MR) is 104 cm³/mol. The number of hydrogen-bond acceptors (Lipinski definition) is 4. The summed E-state index contributed by atoms with van der Waals surface area (Å²) in [6.07, 6.45) is 4.72. The molecule has 0 saturated carbocycles. The topological polar surface area (TPSA) is 49.8 Å². The van der Waals surface area contributed by atoms with E-state index in [0.717, 1.165) is 44.0 Å². The van der Waals surface area contributed by atoms with Gasteiger partial charge in [-0.05, 0) is 30.4 Å². The fourth-order valence-electron chi connectivity index (χ4n) is 2.68. The first-order valence-corrected chi connectivity index (χ1v) is 8.78. The molecular formula is C21H24N4. The molecule has 0 aliphatic heterocycles. The van der Waals surface area contributed by atoms with Gasteiger partial charge >= 0.3 is 0 Å². The molecule has 0 spiro atoms. The molecule has 0 unspecified atom stereocenters. The highest BCUT2D eigenvalue weighted by Gasteiger charge is 1.99. The minimum absolute atomic E-state index is 0.856. The summed E-state index contributed by atoms with van der Waals surface area (Å²) in [5, 5.41) is 6.73. The Kier molecular flexibility index (Phi) is 6.39. The summed E-state index contributed by atoms with van der Waals surface area (Å²) in [7, 11) is 0. The van der Waals surface area contributed by atoms with Gasteiger partial charge in [-0.3, -0.25) is 0 Å². The zero-order valence-corrected chi connectivity index (χ0v) is 14.4. The summed E-state index contributed by atoms with van der Waals surface area (Å²) in [5.74, 6) is 1.72. The third-order valence-electron chi connectivity index (χ3n) is 4.02. The van der Waals surface area contributed by atoms with Crippen LogP contribution in [0.2, 0.25) is 0 Å². The van der Waals surface area contributed by atoms with Crippen molar-refractivity contribution in [3.05, 3.63) is 84.2 Å². The molecule has 3 aromatic rings. The first-order chi connectivity index (χ1) is 12.4. The van der Waals surface area contributed by atoms with Crippen LogP contribution < -0.4 is 10.6 Å².